The summed E-state index contributed by atoms with van der Waals surface area (Å²) in [5.41, 5.74) is 1.84. The van der Waals surface area contributed by atoms with Crippen molar-refractivity contribution in [2.75, 3.05) is 12.0 Å². The molecule has 1 fully saturated rings. The summed E-state index contributed by atoms with van der Waals surface area (Å²) in [6.45, 7) is 0. The van der Waals surface area contributed by atoms with Gasteiger partial charge in [-0.15, -0.1) is 0 Å². The fourth-order valence-corrected chi connectivity index (χ4v) is 2.57. The van der Waals surface area contributed by atoms with Gasteiger partial charge in [-0.1, -0.05) is 23.7 Å². The van der Waals surface area contributed by atoms with Crippen molar-refractivity contribution in [1.29, 1.82) is 0 Å². The van der Waals surface area contributed by atoms with Gasteiger partial charge in [0.05, 0.1) is 19.2 Å². The van der Waals surface area contributed by atoms with Gasteiger partial charge < -0.3 is 4.74 Å². The van der Waals surface area contributed by atoms with Gasteiger partial charge in [-0.05, 0) is 48.0 Å². The number of nitrogens with zero attached hydrogens (tertiary/aromatic N) is 1. The number of anilines is 1. The Balaban J connectivity index is 1.88. The summed E-state index contributed by atoms with van der Waals surface area (Å²) in [6, 6.07) is 13.9. The Morgan fingerprint density at radius 3 is 2.30 bits per heavy atom. The number of methoxy groups -OCH3 is 1. The second-order valence-corrected chi connectivity index (χ2v) is 5.57. The molecule has 0 spiro atoms. The van der Waals surface area contributed by atoms with Gasteiger partial charge in [-0.3, -0.25) is 9.59 Å². The average molecular weight is 328 g/mol. The molecular weight excluding hydrogens is 314 g/mol. The van der Waals surface area contributed by atoms with Gasteiger partial charge in [-0.2, -0.15) is 0 Å². The highest BCUT2D eigenvalue weighted by atomic mass is 35.5. The van der Waals surface area contributed by atoms with Crippen LogP contribution in [0.3, 0.4) is 0 Å². The minimum Gasteiger partial charge on any atom is -0.497 e. The minimum atomic E-state index is -0.298. The number of halogens is 1. The third-order valence-electron chi connectivity index (χ3n) is 3.61. The van der Waals surface area contributed by atoms with Gasteiger partial charge >= 0.3 is 0 Å². The molecule has 0 saturated carbocycles. The van der Waals surface area contributed by atoms with E-state index in [4.69, 9.17) is 16.3 Å². The molecule has 1 aliphatic rings. The first-order chi connectivity index (χ1) is 11.1. The summed E-state index contributed by atoms with van der Waals surface area (Å²) in [5, 5.41) is 0.557. The first-order valence-corrected chi connectivity index (χ1v) is 7.44. The summed E-state index contributed by atoms with van der Waals surface area (Å²) >= 11 is 5.84. The molecule has 0 atom stereocenters. The van der Waals surface area contributed by atoms with Crippen molar-refractivity contribution in [1.82, 2.24) is 0 Å². The molecule has 0 radical (unpaired) electrons. The predicted molar refractivity (Wildman–Crippen MR) is 89.5 cm³/mol. The van der Waals surface area contributed by atoms with Crippen molar-refractivity contribution in [3.63, 3.8) is 0 Å². The smallest absolute Gasteiger partial charge is 0.261 e. The normalized spacial score (nSPS) is 16.3. The zero-order valence-corrected chi connectivity index (χ0v) is 13.2. The fourth-order valence-electron chi connectivity index (χ4n) is 2.44. The summed E-state index contributed by atoms with van der Waals surface area (Å²) in [7, 11) is 1.59. The van der Waals surface area contributed by atoms with Crippen LogP contribution >= 0.6 is 11.6 Å². The Hall–Kier alpha value is -2.59. The van der Waals surface area contributed by atoms with E-state index in [2.05, 4.69) is 0 Å². The van der Waals surface area contributed by atoms with E-state index in [-0.39, 0.29) is 18.2 Å². The van der Waals surface area contributed by atoms with E-state index in [1.165, 1.54) is 4.90 Å². The minimum absolute atomic E-state index is 0.0908. The van der Waals surface area contributed by atoms with Gasteiger partial charge in [0, 0.05) is 10.6 Å². The molecule has 1 heterocycles. The number of benzene rings is 2. The maximum absolute atomic E-state index is 12.5. The first-order valence-electron chi connectivity index (χ1n) is 7.06. The van der Waals surface area contributed by atoms with Crippen LogP contribution in [0.1, 0.15) is 12.0 Å². The predicted octanol–water partition coefficient (Wildman–Crippen LogP) is 3.70. The zero-order chi connectivity index (χ0) is 16.4. The number of imide groups is 1. The lowest BCUT2D eigenvalue weighted by Crippen LogP contribution is -2.28. The maximum atomic E-state index is 12.5. The van der Waals surface area contributed by atoms with Crippen LogP contribution in [-0.2, 0) is 9.59 Å². The molecule has 116 valence electrons. The van der Waals surface area contributed by atoms with Gasteiger partial charge in [-0.25, -0.2) is 4.90 Å². The number of amides is 2. The third-order valence-corrected chi connectivity index (χ3v) is 3.86. The molecule has 2 amide bonds. The number of carbonyl (C=O) groups is 2. The van der Waals surface area contributed by atoms with Crippen LogP contribution in [0.15, 0.2) is 54.1 Å². The SMILES string of the molecule is COc1ccc(/C=C2\CC(=O)N(c3ccc(Cl)cc3)C2=O)cc1. The molecule has 2 aromatic carbocycles. The highest BCUT2D eigenvalue weighted by Crippen LogP contribution is 2.28. The summed E-state index contributed by atoms with van der Waals surface area (Å²) in [4.78, 5) is 25.9. The van der Waals surface area contributed by atoms with Crippen molar-refractivity contribution in [2.45, 2.75) is 6.42 Å². The van der Waals surface area contributed by atoms with Crippen LogP contribution in [-0.4, -0.2) is 18.9 Å². The second kappa shape index (κ2) is 6.26. The maximum Gasteiger partial charge on any atom is 0.261 e. The Bertz CT molecular complexity index is 779. The van der Waals surface area contributed by atoms with Crippen LogP contribution in [0.5, 0.6) is 5.75 Å². The van der Waals surface area contributed by atoms with Crippen molar-refractivity contribution < 1.29 is 14.3 Å². The molecule has 1 saturated heterocycles. The van der Waals surface area contributed by atoms with Crippen molar-refractivity contribution in [2.24, 2.45) is 0 Å². The highest BCUT2D eigenvalue weighted by molar-refractivity contribution is 6.31. The van der Waals surface area contributed by atoms with Crippen LogP contribution in [0.25, 0.3) is 6.08 Å². The molecule has 1 aliphatic heterocycles. The van der Waals surface area contributed by atoms with E-state index in [0.29, 0.717) is 16.3 Å². The van der Waals surface area contributed by atoms with Gasteiger partial charge in [0.2, 0.25) is 5.91 Å². The van der Waals surface area contributed by atoms with E-state index in [0.717, 1.165) is 11.3 Å². The van der Waals surface area contributed by atoms with E-state index in [9.17, 15) is 9.59 Å². The summed E-state index contributed by atoms with van der Waals surface area (Å²) in [5.74, 6) is 0.203. The Kier molecular flexibility index (Phi) is 4.17. The number of carbonyl (C=O) groups excluding carboxylic acids is 2. The van der Waals surface area contributed by atoms with E-state index in [1.807, 2.05) is 24.3 Å². The standard InChI is InChI=1S/C18H14ClNO3/c1-23-16-8-2-12(3-9-16)10-13-11-17(21)20(18(13)22)15-6-4-14(19)5-7-15/h2-10H,11H2,1H3/b13-10+. The lowest BCUT2D eigenvalue weighted by molar-refractivity contribution is -0.120. The largest absolute Gasteiger partial charge is 0.497 e. The molecular formula is C18H14ClNO3. The lowest BCUT2D eigenvalue weighted by Gasteiger charge is -2.13. The number of ether oxygens (including phenoxy) is 1. The summed E-state index contributed by atoms with van der Waals surface area (Å²) < 4.78 is 5.10. The number of hydrogen-bond acceptors (Lipinski definition) is 3. The molecule has 3 rings (SSSR count). The lowest BCUT2D eigenvalue weighted by atomic mass is 10.1. The molecule has 5 heteroatoms. The van der Waals surface area contributed by atoms with Gasteiger partial charge in [0.1, 0.15) is 5.75 Å². The molecule has 2 aromatic rings. The molecule has 0 N–H and O–H groups in total. The van der Waals surface area contributed by atoms with E-state index in [1.54, 1.807) is 37.5 Å². The fraction of sp³-hybridized carbons (Fsp3) is 0.111. The third kappa shape index (κ3) is 3.12. The highest BCUT2D eigenvalue weighted by Gasteiger charge is 2.34. The van der Waals surface area contributed by atoms with Crippen LogP contribution in [0.2, 0.25) is 5.02 Å². The zero-order valence-electron chi connectivity index (χ0n) is 12.5. The van der Waals surface area contributed by atoms with E-state index < -0.39 is 0 Å². The van der Waals surface area contributed by atoms with Crippen molar-refractivity contribution in [3.05, 3.63) is 64.7 Å². The molecule has 23 heavy (non-hydrogen) atoms. The van der Waals surface area contributed by atoms with Gasteiger partial charge in [0.25, 0.3) is 5.91 Å². The van der Waals surface area contributed by atoms with E-state index >= 15 is 0 Å². The topological polar surface area (TPSA) is 46.6 Å². The van der Waals surface area contributed by atoms with Crippen molar-refractivity contribution >= 4 is 35.2 Å². The summed E-state index contributed by atoms with van der Waals surface area (Å²) in [6.07, 6.45) is 1.82. The second-order valence-electron chi connectivity index (χ2n) is 5.13. The number of hydrogen-bond donors (Lipinski definition) is 0. The monoisotopic (exact) mass is 327 g/mol. The van der Waals surface area contributed by atoms with Crippen LogP contribution in [0.4, 0.5) is 5.69 Å². The molecule has 0 aliphatic carbocycles. The number of rotatable bonds is 3. The molecule has 0 unspecified atom stereocenters. The molecule has 4 nitrogen and oxygen atoms in total. The first kappa shape index (κ1) is 15.3. The Labute approximate surface area is 138 Å². The molecule has 0 bridgehead atoms. The van der Waals surface area contributed by atoms with Crippen LogP contribution < -0.4 is 9.64 Å². The Morgan fingerprint density at radius 1 is 1.04 bits per heavy atom. The molecule has 0 aromatic heterocycles. The quantitative estimate of drug-likeness (QED) is 0.638. The Morgan fingerprint density at radius 2 is 1.70 bits per heavy atom. The van der Waals surface area contributed by atoms with Crippen LogP contribution in [0, 0.1) is 0 Å². The average Bonchev–Trinajstić information content (AvgIpc) is 2.83. The van der Waals surface area contributed by atoms with Gasteiger partial charge in [0.15, 0.2) is 0 Å². The van der Waals surface area contributed by atoms with Crippen molar-refractivity contribution in [3.8, 4) is 5.75 Å².